The molecule has 0 aliphatic carbocycles. The Morgan fingerprint density at radius 3 is 2.59 bits per heavy atom. The molecule has 3 rings (SSSR count). The van der Waals surface area contributed by atoms with E-state index in [0.29, 0.717) is 6.54 Å². The number of carbonyl (C=O) groups is 1. The lowest BCUT2D eigenvalue weighted by molar-refractivity contribution is 0.0587. The second kappa shape index (κ2) is 14.2. The largest absolute Gasteiger partial charge is 0.378 e. The topological polar surface area (TPSA) is 56.8 Å². The van der Waals surface area contributed by atoms with E-state index in [1.807, 2.05) is 30.3 Å². The van der Waals surface area contributed by atoms with Gasteiger partial charge < -0.3 is 20.3 Å². The van der Waals surface area contributed by atoms with E-state index in [4.69, 9.17) is 16.3 Å². The molecule has 0 spiro atoms. The molecule has 7 heteroatoms. The van der Waals surface area contributed by atoms with Gasteiger partial charge in [0.05, 0.1) is 6.10 Å². The Labute approximate surface area is 209 Å². The van der Waals surface area contributed by atoms with Crippen LogP contribution >= 0.6 is 11.6 Å². The van der Waals surface area contributed by atoms with Crippen LogP contribution < -0.4 is 15.5 Å². The van der Waals surface area contributed by atoms with Crippen molar-refractivity contribution in [1.82, 2.24) is 10.2 Å². The standard InChI is InChI=1S/C27H39ClN4O2/c1-3-4-13-29-27(33)30-25-8-5-7-23(21-25)20-22(2)34-19-6-14-31-15-17-32(18-16-31)26-11-9-24(28)10-12-26/h5,7-12,21-22H,3-4,6,13-20H2,1-2H3,(H2,29,30,33). The molecule has 1 atom stereocenters. The summed E-state index contributed by atoms with van der Waals surface area (Å²) in [4.78, 5) is 16.9. The van der Waals surface area contributed by atoms with E-state index in [0.717, 1.165) is 81.3 Å². The van der Waals surface area contributed by atoms with Crippen LogP contribution in [0.5, 0.6) is 0 Å². The van der Waals surface area contributed by atoms with E-state index in [-0.39, 0.29) is 12.1 Å². The van der Waals surface area contributed by atoms with Gasteiger partial charge in [-0.3, -0.25) is 4.90 Å². The molecule has 2 N–H and O–H groups in total. The molecule has 1 unspecified atom stereocenters. The zero-order valence-corrected chi connectivity index (χ0v) is 21.3. The third-order valence-corrected chi connectivity index (χ3v) is 6.36. The van der Waals surface area contributed by atoms with Crippen molar-refractivity contribution in [3.8, 4) is 0 Å². The number of urea groups is 1. The fourth-order valence-electron chi connectivity index (χ4n) is 4.18. The highest BCUT2D eigenvalue weighted by Crippen LogP contribution is 2.19. The minimum atomic E-state index is -0.149. The SMILES string of the molecule is CCCCNC(=O)Nc1cccc(CC(C)OCCCN2CCN(c3ccc(Cl)cc3)CC2)c1. The number of nitrogens with one attached hydrogen (secondary N) is 2. The molecule has 2 amide bonds. The molecule has 34 heavy (non-hydrogen) atoms. The van der Waals surface area contributed by atoms with Gasteiger partial charge in [0.1, 0.15) is 0 Å². The summed E-state index contributed by atoms with van der Waals surface area (Å²) in [6, 6.07) is 16.0. The number of anilines is 2. The lowest BCUT2D eigenvalue weighted by Gasteiger charge is -2.36. The molecule has 1 aliphatic heterocycles. The van der Waals surface area contributed by atoms with Crippen molar-refractivity contribution in [2.75, 3.05) is 56.1 Å². The summed E-state index contributed by atoms with van der Waals surface area (Å²) < 4.78 is 6.08. The number of amides is 2. The van der Waals surface area contributed by atoms with E-state index < -0.39 is 0 Å². The zero-order chi connectivity index (χ0) is 24.2. The predicted molar refractivity (Wildman–Crippen MR) is 142 cm³/mol. The van der Waals surface area contributed by atoms with Gasteiger partial charge in [-0.05, 0) is 68.1 Å². The number of piperazine rings is 1. The van der Waals surface area contributed by atoms with Gasteiger partial charge in [0.15, 0.2) is 0 Å². The molecule has 1 aliphatic rings. The summed E-state index contributed by atoms with van der Waals surface area (Å²) in [5.74, 6) is 0. The number of hydrogen-bond donors (Lipinski definition) is 2. The lowest BCUT2D eigenvalue weighted by Crippen LogP contribution is -2.46. The van der Waals surface area contributed by atoms with Crippen LogP contribution in [0.25, 0.3) is 0 Å². The maximum Gasteiger partial charge on any atom is 0.319 e. The van der Waals surface area contributed by atoms with Gasteiger partial charge in [-0.2, -0.15) is 0 Å². The molecule has 1 saturated heterocycles. The molecular weight excluding hydrogens is 448 g/mol. The number of hydrogen-bond acceptors (Lipinski definition) is 4. The average molecular weight is 487 g/mol. The minimum absolute atomic E-state index is 0.135. The van der Waals surface area contributed by atoms with Crippen LogP contribution in [0.15, 0.2) is 48.5 Å². The molecule has 0 radical (unpaired) electrons. The van der Waals surface area contributed by atoms with Gasteiger partial charge >= 0.3 is 6.03 Å². The quantitative estimate of drug-likeness (QED) is 0.393. The van der Waals surface area contributed by atoms with E-state index in [1.165, 1.54) is 5.69 Å². The van der Waals surface area contributed by atoms with Gasteiger partial charge in [-0.15, -0.1) is 0 Å². The normalized spacial score (nSPS) is 15.2. The summed E-state index contributed by atoms with van der Waals surface area (Å²) in [6.07, 6.45) is 4.05. The van der Waals surface area contributed by atoms with Gasteiger partial charge in [0.2, 0.25) is 0 Å². The fraction of sp³-hybridized carbons (Fsp3) is 0.519. The van der Waals surface area contributed by atoms with Crippen molar-refractivity contribution in [2.24, 2.45) is 0 Å². The van der Waals surface area contributed by atoms with E-state index in [2.05, 4.69) is 52.5 Å². The molecule has 1 heterocycles. The van der Waals surface area contributed by atoms with E-state index in [1.54, 1.807) is 0 Å². The Bertz CT molecular complexity index is 869. The predicted octanol–water partition coefficient (Wildman–Crippen LogP) is 5.42. The number of rotatable bonds is 12. The van der Waals surface area contributed by atoms with E-state index in [9.17, 15) is 4.79 Å². The molecule has 2 aromatic rings. The number of unbranched alkanes of at least 4 members (excludes halogenated alkanes) is 1. The molecule has 186 valence electrons. The number of nitrogens with zero attached hydrogens (tertiary/aromatic N) is 2. The van der Waals surface area contributed by atoms with Crippen LogP contribution in [-0.2, 0) is 11.2 Å². The monoisotopic (exact) mass is 486 g/mol. The van der Waals surface area contributed by atoms with Crippen molar-refractivity contribution in [1.29, 1.82) is 0 Å². The maximum absolute atomic E-state index is 12.0. The molecule has 0 saturated carbocycles. The molecule has 1 fully saturated rings. The Morgan fingerprint density at radius 2 is 1.85 bits per heavy atom. The first-order valence-corrected chi connectivity index (χ1v) is 12.9. The van der Waals surface area contributed by atoms with Crippen molar-refractivity contribution >= 4 is 29.0 Å². The average Bonchev–Trinajstić information content (AvgIpc) is 2.83. The number of benzene rings is 2. The minimum Gasteiger partial charge on any atom is -0.378 e. The highest BCUT2D eigenvalue weighted by molar-refractivity contribution is 6.30. The highest BCUT2D eigenvalue weighted by atomic mass is 35.5. The Balaban J connectivity index is 1.30. The first kappa shape index (κ1) is 26.3. The van der Waals surface area contributed by atoms with Crippen LogP contribution in [0.1, 0.15) is 38.7 Å². The fourth-order valence-corrected chi connectivity index (χ4v) is 4.30. The number of ether oxygens (including phenoxy) is 1. The lowest BCUT2D eigenvalue weighted by atomic mass is 10.1. The summed E-state index contributed by atoms with van der Waals surface area (Å²) in [5, 5.41) is 6.58. The number of carbonyl (C=O) groups excluding carboxylic acids is 1. The zero-order valence-electron chi connectivity index (χ0n) is 20.6. The third kappa shape index (κ3) is 9.16. The third-order valence-electron chi connectivity index (χ3n) is 6.11. The maximum atomic E-state index is 12.0. The summed E-state index contributed by atoms with van der Waals surface area (Å²) in [5.41, 5.74) is 3.23. The van der Waals surface area contributed by atoms with Gasteiger partial charge in [0, 0.05) is 62.3 Å². The first-order valence-electron chi connectivity index (χ1n) is 12.5. The molecular formula is C27H39ClN4O2. The highest BCUT2D eigenvalue weighted by Gasteiger charge is 2.17. The van der Waals surface area contributed by atoms with Gasteiger partial charge in [0.25, 0.3) is 0 Å². The van der Waals surface area contributed by atoms with Crippen LogP contribution in [0.4, 0.5) is 16.2 Å². The Hall–Kier alpha value is -2.28. The van der Waals surface area contributed by atoms with Crippen molar-refractivity contribution in [3.05, 3.63) is 59.1 Å². The van der Waals surface area contributed by atoms with Crippen LogP contribution in [0.2, 0.25) is 5.02 Å². The first-order chi connectivity index (χ1) is 16.5. The van der Waals surface area contributed by atoms with E-state index >= 15 is 0 Å². The molecule has 2 aromatic carbocycles. The van der Waals surface area contributed by atoms with Crippen LogP contribution in [0, 0.1) is 0 Å². The molecule has 0 bridgehead atoms. The van der Waals surface area contributed by atoms with Crippen LogP contribution in [-0.4, -0.2) is 62.9 Å². The number of halogens is 1. The summed E-state index contributed by atoms with van der Waals surface area (Å²) in [7, 11) is 0. The summed E-state index contributed by atoms with van der Waals surface area (Å²) >= 11 is 6.00. The Kier molecular flexibility index (Phi) is 11.0. The molecule has 0 aromatic heterocycles. The summed E-state index contributed by atoms with van der Waals surface area (Å²) in [6.45, 7) is 11.0. The smallest absolute Gasteiger partial charge is 0.319 e. The van der Waals surface area contributed by atoms with Gasteiger partial charge in [-0.1, -0.05) is 37.1 Å². The van der Waals surface area contributed by atoms with Gasteiger partial charge in [-0.25, -0.2) is 4.79 Å². The van der Waals surface area contributed by atoms with Crippen LogP contribution in [0.3, 0.4) is 0 Å². The second-order valence-corrected chi connectivity index (χ2v) is 9.42. The Morgan fingerprint density at radius 1 is 1.09 bits per heavy atom. The molecule has 6 nitrogen and oxygen atoms in total. The van der Waals surface area contributed by atoms with Crippen molar-refractivity contribution in [3.63, 3.8) is 0 Å². The van der Waals surface area contributed by atoms with Crippen molar-refractivity contribution < 1.29 is 9.53 Å². The van der Waals surface area contributed by atoms with Crippen molar-refractivity contribution in [2.45, 2.75) is 45.6 Å². The second-order valence-electron chi connectivity index (χ2n) is 8.98.